The number of likely N-dealkylation sites (N-methyl/N-ethyl adjacent to an activating group) is 1. The second-order valence-electron chi connectivity index (χ2n) is 3.86. The molecule has 0 spiro atoms. The van der Waals surface area contributed by atoms with Crippen molar-refractivity contribution in [3.63, 3.8) is 0 Å². The summed E-state index contributed by atoms with van der Waals surface area (Å²) >= 11 is 9.33. The Kier molecular flexibility index (Phi) is 5.88. The summed E-state index contributed by atoms with van der Waals surface area (Å²) in [5.74, 6) is 0.564. The van der Waals surface area contributed by atoms with Gasteiger partial charge in [-0.25, -0.2) is 4.98 Å². The molecule has 0 saturated carbocycles. The van der Waals surface area contributed by atoms with Gasteiger partial charge in [-0.05, 0) is 42.8 Å². The molecule has 18 heavy (non-hydrogen) atoms. The third-order valence-electron chi connectivity index (χ3n) is 2.61. The average Bonchev–Trinajstić information content (AvgIpc) is 2.34. The van der Waals surface area contributed by atoms with Crippen LogP contribution in [0.15, 0.2) is 16.7 Å². The van der Waals surface area contributed by atoms with Crippen LogP contribution in [-0.2, 0) is 4.79 Å². The summed E-state index contributed by atoms with van der Waals surface area (Å²) in [5, 5.41) is 3.52. The molecular weight excluding hydrogens is 318 g/mol. The number of carbonyl (C=O) groups excluding carboxylic acids is 1. The molecule has 0 aliphatic carbocycles. The zero-order valence-corrected chi connectivity index (χ0v) is 13.0. The van der Waals surface area contributed by atoms with Crippen LogP contribution in [0.4, 0.5) is 5.82 Å². The Morgan fingerprint density at radius 1 is 1.56 bits per heavy atom. The number of nitrogens with one attached hydrogen (secondary N) is 1. The van der Waals surface area contributed by atoms with Crippen LogP contribution in [0.2, 0.25) is 5.02 Å². The third-order valence-corrected chi connectivity index (χ3v) is 3.33. The lowest BCUT2D eigenvalue weighted by Gasteiger charge is -2.24. The van der Waals surface area contributed by atoms with E-state index in [0.29, 0.717) is 23.9 Å². The Bertz CT molecular complexity index is 424. The first-order valence-corrected chi connectivity index (χ1v) is 7.03. The van der Waals surface area contributed by atoms with Crippen molar-refractivity contribution in [2.75, 3.05) is 18.4 Å². The zero-order chi connectivity index (χ0) is 13.7. The van der Waals surface area contributed by atoms with E-state index in [0.717, 1.165) is 4.47 Å². The quantitative estimate of drug-likeness (QED) is 0.899. The normalized spacial score (nSPS) is 12.1. The molecule has 0 aliphatic rings. The van der Waals surface area contributed by atoms with E-state index in [1.165, 1.54) is 0 Å². The lowest BCUT2D eigenvalue weighted by Crippen LogP contribution is -2.41. The van der Waals surface area contributed by atoms with E-state index < -0.39 is 0 Å². The second kappa shape index (κ2) is 6.95. The zero-order valence-electron chi connectivity index (χ0n) is 10.7. The largest absolute Gasteiger partial charge is 0.357 e. The van der Waals surface area contributed by atoms with Crippen LogP contribution >= 0.6 is 27.5 Å². The summed E-state index contributed by atoms with van der Waals surface area (Å²) in [6, 6.07) is 1.39. The van der Waals surface area contributed by atoms with Crippen LogP contribution < -0.4 is 5.32 Å². The minimum absolute atomic E-state index is 0.0424. The molecule has 100 valence electrons. The molecular formula is C12H17BrClN3O. The number of hydrogen-bond donors (Lipinski definition) is 1. The summed E-state index contributed by atoms with van der Waals surface area (Å²) in [7, 11) is 0. The number of halogens is 2. The molecule has 4 nitrogen and oxygen atoms in total. The second-order valence-corrected chi connectivity index (χ2v) is 5.18. The van der Waals surface area contributed by atoms with Gasteiger partial charge in [-0.3, -0.25) is 4.79 Å². The smallest absolute Gasteiger partial charge is 0.244 e. The van der Waals surface area contributed by atoms with Gasteiger partial charge < -0.3 is 10.2 Å². The number of aromatic nitrogens is 1. The molecule has 0 saturated heterocycles. The van der Waals surface area contributed by atoms with Gasteiger partial charge >= 0.3 is 0 Å². The number of hydrogen-bond acceptors (Lipinski definition) is 3. The molecule has 1 aromatic rings. The molecule has 0 aromatic carbocycles. The molecule has 1 amide bonds. The van der Waals surface area contributed by atoms with Gasteiger partial charge in [-0.1, -0.05) is 11.6 Å². The van der Waals surface area contributed by atoms with Crippen molar-refractivity contribution in [2.24, 2.45) is 0 Å². The molecule has 0 radical (unpaired) electrons. The maximum Gasteiger partial charge on any atom is 0.244 e. The highest BCUT2D eigenvalue weighted by atomic mass is 79.9. The number of pyridine rings is 1. The summed E-state index contributed by atoms with van der Waals surface area (Å²) < 4.78 is 0.806. The first-order chi connectivity index (χ1) is 8.49. The molecule has 0 bridgehead atoms. The van der Waals surface area contributed by atoms with E-state index >= 15 is 0 Å². The van der Waals surface area contributed by atoms with Gasteiger partial charge in [0.05, 0.1) is 5.02 Å². The van der Waals surface area contributed by atoms with Gasteiger partial charge in [-0.2, -0.15) is 0 Å². The van der Waals surface area contributed by atoms with Crippen LogP contribution in [0.3, 0.4) is 0 Å². The number of rotatable bonds is 5. The molecule has 1 aromatic heterocycles. The van der Waals surface area contributed by atoms with Crippen LogP contribution in [0.1, 0.15) is 20.8 Å². The van der Waals surface area contributed by atoms with Crippen molar-refractivity contribution >= 4 is 39.3 Å². The van der Waals surface area contributed by atoms with E-state index in [4.69, 9.17) is 11.6 Å². The van der Waals surface area contributed by atoms with E-state index in [1.807, 2.05) is 13.8 Å². The Balaban J connectivity index is 2.75. The molecule has 1 N–H and O–H groups in total. The molecule has 1 atom stereocenters. The Morgan fingerprint density at radius 2 is 2.17 bits per heavy atom. The van der Waals surface area contributed by atoms with Crippen molar-refractivity contribution in [3.8, 4) is 0 Å². The highest BCUT2D eigenvalue weighted by Gasteiger charge is 2.19. The standard InChI is InChI=1S/C12H17BrClN3O/c1-4-17(5-2)12(18)8(3)16-11-10(14)6-9(13)7-15-11/h6-8H,4-5H2,1-3H3,(H,15,16). The maximum absolute atomic E-state index is 12.1. The SMILES string of the molecule is CCN(CC)C(=O)C(C)Nc1ncc(Br)cc1Cl. The van der Waals surface area contributed by atoms with Crippen molar-refractivity contribution < 1.29 is 4.79 Å². The summed E-state index contributed by atoms with van der Waals surface area (Å²) in [6.45, 7) is 7.12. The van der Waals surface area contributed by atoms with Gasteiger partial charge in [-0.15, -0.1) is 0 Å². The van der Waals surface area contributed by atoms with Crippen LogP contribution in [0.25, 0.3) is 0 Å². The van der Waals surface area contributed by atoms with Gasteiger partial charge in [0, 0.05) is 23.8 Å². The fourth-order valence-corrected chi connectivity index (χ4v) is 2.28. The van der Waals surface area contributed by atoms with Crippen molar-refractivity contribution in [1.82, 2.24) is 9.88 Å². The van der Waals surface area contributed by atoms with E-state index in [2.05, 4.69) is 26.2 Å². The van der Waals surface area contributed by atoms with E-state index in [9.17, 15) is 4.79 Å². The Hall–Kier alpha value is -0.810. The number of amides is 1. The Morgan fingerprint density at radius 3 is 2.67 bits per heavy atom. The summed E-state index contributed by atoms with van der Waals surface area (Å²) in [5.41, 5.74) is 0. The Labute approximate surface area is 121 Å². The first-order valence-electron chi connectivity index (χ1n) is 5.85. The van der Waals surface area contributed by atoms with E-state index in [-0.39, 0.29) is 11.9 Å². The summed E-state index contributed by atoms with van der Waals surface area (Å²) in [6.07, 6.45) is 1.64. The van der Waals surface area contributed by atoms with Crippen LogP contribution in [-0.4, -0.2) is 34.9 Å². The predicted molar refractivity (Wildman–Crippen MR) is 78.0 cm³/mol. The number of anilines is 1. The predicted octanol–water partition coefficient (Wildman–Crippen LogP) is 3.17. The molecule has 1 rings (SSSR count). The van der Waals surface area contributed by atoms with Crippen LogP contribution in [0, 0.1) is 0 Å². The molecule has 1 heterocycles. The number of carbonyl (C=O) groups is 1. The molecule has 0 fully saturated rings. The van der Waals surface area contributed by atoms with Crippen molar-refractivity contribution in [3.05, 3.63) is 21.8 Å². The first kappa shape index (κ1) is 15.2. The molecule has 0 aliphatic heterocycles. The van der Waals surface area contributed by atoms with Crippen molar-refractivity contribution in [2.45, 2.75) is 26.8 Å². The van der Waals surface area contributed by atoms with E-state index in [1.54, 1.807) is 24.1 Å². The summed E-state index contributed by atoms with van der Waals surface area (Å²) in [4.78, 5) is 18.0. The lowest BCUT2D eigenvalue weighted by molar-refractivity contribution is -0.131. The monoisotopic (exact) mass is 333 g/mol. The van der Waals surface area contributed by atoms with Gasteiger partial charge in [0.2, 0.25) is 5.91 Å². The maximum atomic E-state index is 12.1. The van der Waals surface area contributed by atoms with Gasteiger partial charge in [0.15, 0.2) is 0 Å². The van der Waals surface area contributed by atoms with Crippen LogP contribution in [0.5, 0.6) is 0 Å². The number of nitrogens with zero attached hydrogens (tertiary/aromatic N) is 2. The fourth-order valence-electron chi connectivity index (χ4n) is 1.60. The molecule has 1 unspecified atom stereocenters. The van der Waals surface area contributed by atoms with Gasteiger partial charge in [0.25, 0.3) is 0 Å². The minimum Gasteiger partial charge on any atom is -0.357 e. The highest BCUT2D eigenvalue weighted by Crippen LogP contribution is 2.23. The average molecular weight is 335 g/mol. The third kappa shape index (κ3) is 3.85. The molecule has 6 heteroatoms. The van der Waals surface area contributed by atoms with Crippen molar-refractivity contribution in [1.29, 1.82) is 0 Å². The minimum atomic E-state index is -0.351. The topological polar surface area (TPSA) is 45.2 Å². The highest BCUT2D eigenvalue weighted by molar-refractivity contribution is 9.10. The van der Waals surface area contributed by atoms with Gasteiger partial charge in [0.1, 0.15) is 11.9 Å². The lowest BCUT2D eigenvalue weighted by atomic mass is 10.2. The fraction of sp³-hybridized carbons (Fsp3) is 0.500.